The molecule has 86 valence electrons. The number of benzene rings is 1. The summed E-state index contributed by atoms with van der Waals surface area (Å²) in [4.78, 5) is 11.1. The normalized spacial score (nSPS) is 17.2. The summed E-state index contributed by atoms with van der Waals surface area (Å²) >= 11 is 0. The van der Waals surface area contributed by atoms with Crippen LogP contribution in [-0.2, 0) is 4.79 Å². The molecule has 0 heterocycles. The standard InChI is InChI=1S/C13H16O3/c1-15-11-6-8-13(9-7-11)16-12-4-2-10(14)3-5-12/h6-9,12H,2-5H2,1H3. The smallest absolute Gasteiger partial charge is 0.133 e. The Kier molecular flexibility index (Phi) is 3.44. The molecule has 0 spiro atoms. The van der Waals surface area contributed by atoms with E-state index in [0.717, 1.165) is 24.3 Å². The maximum Gasteiger partial charge on any atom is 0.133 e. The van der Waals surface area contributed by atoms with E-state index in [1.54, 1.807) is 7.11 Å². The minimum absolute atomic E-state index is 0.186. The molecule has 0 radical (unpaired) electrons. The van der Waals surface area contributed by atoms with Crippen LogP contribution >= 0.6 is 0 Å². The van der Waals surface area contributed by atoms with Gasteiger partial charge in [-0.3, -0.25) is 4.79 Å². The Bertz CT molecular complexity index is 346. The summed E-state index contributed by atoms with van der Waals surface area (Å²) in [5.41, 5.74) is 0. The Morgan fingerprint density at radius 1 is 1.06 bits per heavy atom. The van der Waals surface area contributed by atoms with E-state index in [4.69, 9.17) is 9.47 Å². The number of hydrogen-bond donors (Lipinski definition) is 0. The van der Waals surface area contributed by atoms with Gasteiger partial charge in [-0.15, -0.1) is 0 Å². The van der Waals surface area contributed by atoms with Crippen LogP contribution < -0.4 is 9.47 Å². The van der Waals surface area contributed by atoms with Crippen molar-refractivity contribution in [1.29, 1.82) is 0 Å². The van der Waals surface area contributed by atoms with E-state index in [0.29, 0.717) is 18.6 Å². The molecule has 0 bridgehead atoms. The van der Waals surface area contributed by atoms with Crippen LogP contribution in [0.5, 0.6) is 11.5 Å². The first-order chi connectivity index (χ1) is 7.78. The van der Waals surface area contributed by atoms with Crippen LogP contribution in [-0.4, -0.2) is 19.0 Å². The van der Waals surface area contributed by atoms with Gasteiger partial charge in [-0.25, -0.2) is 0 Å². The molecule has 0 amide bonds. The van der Waals surface area contributed by atoms with Gasteiger partial charge < -0.3 is 9.47 Å². The van der Waals surface area contributed by atoms with E-state index in [2.05, 4.69) is 0 Å². The van der Waals surface area contributed by atoms with Gasteiger partial charge in [-0.1, -0.05) is 0 Å². The van der Waals surface area contributed by atoms with E-state index in [1.165, 1.54) is 0 Å². The lowest BCUT2D eigenvalue weighted by Crippen LogP contribution is -2.23. The molecule has 0 N–H and O–H groups in total. The third-order valence-corrected chi connectivity index (χ3v) is 2.85. The Labute approximate surface area is 95.4 Å². The fraction of sp³-hybridized carbons (Fsp3) is 0.462. The maximum absolute atomic E-state index is 11.1. The molecule has 0 aliphatic heterocycles. The molecule has 1 aromatic carbocycles. The third kappa shape index (κ3) is 2.75. The number of hydrogen-bond acceptors (Lipinski definition) is 3. The molecule has 1 aromatic rings. The van der Waals surface area contributed by atoms with Crippen LogP contribution in [0.15, 0.2) is 24.3 Å². The van der Waals surface area contributed by atoms with Gasteiger partial charge in [0.2, 0.25) is 0 Å². The summed E-state index contributed by atoms with van der Waals surface area (Å²) in [7, 11) is 1.64. The zero-order valence-electron chi connectivity index (χ0n) is 9.44. The van der Waals surface area contributed by atoms with Gasteiger partial charge in [0.15, 0.2) is 0 Å². The van der Waals surface area contributed by atoms with Crippen molar-refractivity contribution in [2.24, 2.45) is 0 Å². The SMILES string of the molecule is COc1ccc(OC2CCC(=O)CC2)cc1. The van der Waals surface area contributed by atoms with Gasteiger partial charge in [0.1, 0.15) is 17.3 Å². The predicted octanol–water partition coefficient (Wildman–Crippen LogP) is 2.59. The monoisotopic (exact) mass is 220 g/mol. The fourth-order valence-electron chi connectivity index (χ4n) is 1.88. The van der Waals surface area contributed by atoms with Crippen molar-refractivity contribution in [3.05, 3.63) is 24.3 Å². The fourth-order valence-corrected chi connectivity index (χ4v) is 1.88. The highest BCUT2D eigenvalue weighted by atomic mass is 16.5. The van der Waals surface area contributed by atoms with Crippen molar-refractivity contribution >= 4 is 5.78 Å². The van der Waals surface area contributed by atoms with Crippen LogP contribution in [0, 0.1) is 0 Å². The van der Waals surface area contributed by atoms with Gasteiger partial charge in [-0.05, 0) is 37.1 Å². The molecular formula is C13H16O3. The molecule has 1 saturated carbocycles. The number of ketones is 1. The maximum atomic E-state index is 11.1. The summed E-state index contributed by atoms with van der Waals surface area (Å²) in [5.74, 6) is 2.03. The third-order valence-electron chi connectivity index (χ3n) is 2.85. The first-order valence-electron chi connectivity index (χ1n) is 5.60. The second-order valence-electron chi connectivity index (χ2n) is 4.03. The Morgan fingerprint density at radius 2 is 1.62 bits per heavy atom. The highest BCUT2D eigenvalue weighted by Gasteiger charge is 2.19. The van der Waals surface area contributed by atoms with Crippen molar-refractivity contribution in [2.45, 2.75) is 31.8 Å². The Balaban J connectivity index is 1.90. The molecular weight excluding hydrogens is 204 g/mol. The Morgan fingerprint density at radius 3 is 2.19 bits per heavy atom. The highest BCUT2D eigenvalue weighted by molar-refractivity contribution is 5.79. The molecule has 0 aromatic heterocycles. The molecule has 3 nitrogen and oxygen atoms in total. The molecule has 2 rings (SSSR count). The average Bonchev–Trinajstić information content (AvgIpc) is 2.33. The van der Waals surface area contributed by atoms with Gasteiger partial charge >= 0.3 is 0 Å². The molecule has 3 heteroatoms. The van der Waals surface area contributed by atoms with Crippen molar-refractivity contribution in [3.63, 3.8) is 0 Å². The van der Waals surface area contributed by atoms with Crippen molar-refractivity contribution < 1.29 is 14.3 Å². The summed E-state index contributed by atoms with van der Waals surface area (Å²) in [6.45, 7) is 0. The molecule has 1 aliphatic rings. The zero-order chi connectivity index (χ0) is 11.4. The second-order valence-corrected chi connectivity index (χ2v) is 4.03. The van der Waals surface area contributed by atoms with Gasteiger partial charge in [-0.2, -0.15) is 0 Å². The van der Waals surface area contributed by atoms with Gasteiger partial charge in [0.25, 0.3) is 0 Å². The number of methoxy groups -OCH3 is 1. The van der Waals surface area contributed by atoms with Crippen LogP contribution in [0.4, 0.5) is 0 Å². The average molecular weight is 220 g/mol. The molecule has 0 unspecified atom stereocenters. The number of ether oxygens (including phenoxy) is 2. The number of rotatable bonds is 3. The largest absolute Gasteiger partial charge is 0.497 e. The molecule has 0 saturated heterocycles. The van der Waals surface area contributed by atoms with Crippen LogP contribution in [0.1, 0.15) is 25.7 Å². The lowest BCUT2D eigenvalue weighted by molar-refractivity contribution is -0.121. The molecule has 0 atom stereocenters. The van der Waals surface area contributed by atoms with E-state index in [9.17, 15) is 4.79 Å². The minimum atomic E-state index is 0.186. The van der Waals surface area contributed by atoms with Crippen molar-refractivity contribution in [2.75, 3.05) is 7.11 Å². The van der Waals surface area contributed by atoms with Crippen molar-refractivity contribution in [3.8, 4) is 11.5 Å². The molecule has 16 heavy (non-hydrogen) atoms. The Hall–Kier alpha value is -1.51. The number of Topliss-reactive ketones (excluding diaryl/α,β-unsaturated/α-hetero) is 1. The summed E-state index contributed by atoms with van der Waals surface area (Å²) in [6.07, 6.45) is 3.17. The van der Waals surface area contributed by atoms with Crippen LogP contribution in [0.25, 0.3) is 0 Å². The van der Waals surface area contributed by atoms with Crippen LogP contribution in [0.2, 0.25) is 0 Å². The number of carbonyl (C=O) groups excluding carboxylic acids is 1. The summed E-state index contributed by atoms with van der Waals surface area (Å²) in [5, 5.41) is 0. The van der Waals surface area contributed by atoms with E-state index < -0.39 is 0 Å². The first kappa shape index (κ1) is 11.0. The predicted molar refractivity (Wildman–Crippen MR) is 60.9 cm³/mol. The molecule has 1 fully saturated rings. The van der Waals surface area contributed by atoms with Gasteiger partial charge in [0, 0.05) is 12.8 Å². The zero-order valence-corrected chi connectivity index (χ0v) is 9.44. The topological polar surface area (TPSA) is 35.5 Å². The lowest BCUT2D eigenvalue weighted by Gasteiger charge is -2.22. The van der Waals surface area contributed by atoms with E-state index >= 15 is 0 Å². The minimum Gasteiger partial charge on any atom is -0.497 e. The number of carbonyl (C=O) groups is 1. The van der Waals surface area contributed by atoms with E-state index in [-0.39, 0.29) is 6.10 Å². The quantitative estimate of drug-likeness (QED) is 0.785. The lowest BCUT2D eigenvalue weighted by atomic mass is 9.96. The highest BCUT2D eigenvalue weighted by Crippen LogP contribution is 2.23. The van der Waals surface area contributed by atoms with Crippen molar-refractivity contribution in [1.82, 2.24) is 0 Å². The summed E-state index contributed by atoms with van der Waals surface area (Å²) in [6, 6.07) is 7.55. The first-order valence-corrected chi connectivity index (χ1v) is 5.60. The van der Waals surface area contributed by atoms with Crippen LogP contribution in [0.3, 0.4) is 0 Å². The van der Waals surface area contributed by atoms with Gasteiger partial charge in [0.05, 0.1) is 13.2 Å². The summed E-state index contributed by atoms with van der Waals surface area (Å²) < 4.78 is 10.9. The second kappa shape index (κ2) is 5.01. The van der Waals surface area contributed by atoms with E-state index in [1.807, 2.05) is 24.3 Å². The molecule has 1 aliphatic carbocycles.